The van der Waals surface area contributed by atoms with E-state index in [1.54, 1.807) is 0 Å². The van der Waals surface area contributed by atoms with E-state index >= 15 is 0 Å². The summed E-state index contributed by atoms with van der Waals surface area (Å²) in [7, 11) is -3.93. The van der Waals surface area contributed by atoms with Gasteiger partial charge in [0, 0.05) is 12.2 Å². The summed E-state index contributed by atoms with van der Waals surface area (Å²) in [5.74, 6) is -0.809. The van der Waals surface area contributed by atoms with Crippen molar-refractivity contribution in [3.8, 4) is 6.07 Å². The normalized spacial score (nSPS) is 17.5. The van der Waals surface area contributed by atoms with E-state index in [1.165, 1.54) is 53.4 Å². The summed E-state index contributed by atoms with van der Waals surface area (Å²) < 4.78 is 40.3. The average Bonchev–Trinajstić information content (AvgIpc) is 2.96. The lowest BCUT2D eigenvalue weighted by atomic mass is 10.2. The van der Waals surface area contributed by atoms with Gasteiger partial charge in [0.1, 0.15) is 11.9 Å². The molecule has 1 saturated heterocycles. The smallest absolute Gasteiger partial charge is 0.245 e. The van der Waals surface area contributed by atoms with Gasteiger partial charge in [-0.2, -0.15) is 9.98 Å². The summed E-state index contributed by atoms with van der Waals surface area (Å²) >= 11 is 0. The number of anilines is 1. The Morgan fingerprint density at radius 3 is 2.60 bits per heavy atom. The van der Waals surface area contributed by atoms with E-state index in [-0.39, 0.29) is 10.5 Å². The highest BCUT2D eigenvalue weighted by Gasteiger charge is 2.35. The van der Waals surface area contributed by atoms with Crippen LogP contribution in [0, 0.1) is 17.1 Å². The molecule has 0 aliphatic carbocycles. The molecule has 8 heteroatoms. The van der Waals surface area contributed by atoms with Crippen LogP contribution in [0.25, 0.3) is 0 Å². The SMILES string of the molecule is N#Cc1cccc(S(=O)(=O)N[C@H]2CCN(c3ccc(F)cc3)C2=O)c1. The molecule has 2 aromatic carbocycles. The van der Waals surface area contributed by atoms with Gasteiger partial charge in [-0.25, -0.2) is 12.8 Å². The van der Waals surface area contributed by atoms with Gasteiger partial charge in [-0.05, 0) is 48.9 Å². The molecule has 1 aliphatic rings. The number of carbonyl (C=O) groups excluding carboxylic acids is 1. The van der Waals surface area contributed by atoms with Crippen molar-refractivity contribution in [3.63, 3.8) is 0 Å². The first kappa shape index (κ1) is 17.1. The molecular weight excluding hydrogens is 345 g/mol. The van der Waals surface area contributed by atoms with E-state index in [9.17, 15) is 17.6 Å². The molecule has 0 aromatic heterocycles. The Morgan fingerprint density at radius 2 is 1.92 bits per heavy atom. The lowest BCUT2D eigenvalue weighted by Crippen LogP contribution is -2.41. The molecule has 1 atom stereocenters. The van der Waals surface area contributed by atoms with Crippen molar-refractivity contribution in [2.24, 2.45) is 0 Å². The Kier molecular flexibility index (Phi) is 4.53. The number of sulfonamides is 1. The van der Waals surface area contributed by atoms with E-state index in [1.807, 2.05) is 6.07 Å². The van der Waals surface area contributed by atoms with Gasteiger partial charge in [0.15, 0.2) is 0 Å². The second-order valence-corrected chi connectivity index (χ2v) is 7.28. The molecule has 0 bridgehead atoms. The molecule has 0 spiro atoms. The van der Waals surface area contributed by atoms with Crippen molar-refractivity contribution in [3.05, 3.63) is 59.9 Å². The van der Waals surface area contributed by atoms with Crippen LogP contribution in [0.5, 0.6) is 0 Å². The standard InChI is InChI=1S/C17H14FN3O3S/c18-13-4-6-14(7-5-13)21-9-8-16(17(21)22)20-25(23,24)15-3-1-2-12(10-15)11-19/h1-7,10,16,20H,8-9H2/t16-/m0/s1. The highest BCUT2D eigenvalue weighted by atomic mass is 32.2. The number of amides is 1. The Labute approximate surface area is 144 Å². The van der Waals surface area contributed by atoms with E-state index in [0.717, 1.165) is 0 Å². The summed E-state index contributed by atoms with van der Waals surface area (Å²) in [5.41, 5.74) is 0.730. The van der Waals surface area contributed by atoms with Crippen molar-refractivity contribution in [2.75, 3.05) is 11.4 Å². The number of hydrogen-bond donors (Lipinski definition) is 1. The van der Waals surface area contributed by atoms with Crippen LogP contribution in [0.3, 0.4) is 0 Å². The van der Waals surface area contributed by atoms with E-state index < -0.39 is 27.8 Å². The zero-order valence-corrected chi connectivity index (χ0v) is 13.8. The minimum atomic E-state index is -3.93. The predicted octanol–water partition coefficient (Wildman–Crippen LogP) is 1.78. The van der Waals surface area contributed by atoms with Crippen molar-refractivity contribution in [2.45, 2.75) is 17.4 Å². The Morgan fingerprint density at radius 1 is 1.20 bits per heavy atom. The highest BCUT2D eigenvalue weighted by molar-refractivity contribution is 7.89. The number of nitriles is 1. The molecule has 1 heterocycles. The number of carbonyl (C=O) groups is 1. The third-order valence-corrected chi connectivity index (χ3v) is 5.38. The van der Waals surface area contributed by atoms with Crippen molar-refractivity contribution in [1.29, 1.82) is 5.26 Å². The number of benzene rings is 2. The summed E-state index contributed by atoms with van der Waals surface area (Å²) in [6.07, 6.45) is 0.299. The Balaban J connectivity index is 1.78. The van der Waals surface area contributed by atoms with Crippen LogP contribution < -0.4 is 9.62 Å². The van der Waals surface area contributed by atoms with Crippen LogP contribution in [0.2, 0.25) is 0 Å². The second kappa shape index (κ2) is 6.63. The fourth-order valence-corrected chi connectivity index (χ4v) is 3.92. The molecule has 1 aliphatic heterocycles. The molecular formula is C17H14FN3O3S. The van der Waals surface area contributed by atoms with Gasteiger partial charge in [-0.1, -0.05) is 6.07 Å². The number of nitrogens with one attached hydrogen (secondary N) is 1. The first-order valence-corrected chi connectivity index (χ1v) is 8.98. The molecule has 2 aromatic rings. The van der Waals surface area contributed by atoms with Gasteiger partial charge in [-0.3, -0.25) is 4.79 Å². The quantitative estimate of drug-likeness (QED) is 0.901. The molecule has 1 amide bonds. The van der Waals surface area contributed by atoms with Crippen molar-refractivity contribution >= 4 is 21.6 Å². The molecule has 25 heavy (non-hydrogen) atoms. The molecule has 1 fully saturated rings. The first-order valence-electron chi connectivity index (χ1n) is 7.50. The maximum Gasteiger partial charge on any atom is 0.245 e. The maximum absolute atomic E-state index is 13.0. The van der Waals surface area contributed by atoms with Gasteiger partial charge < -0.3 is 4.90 Å². The number of rotatable bonds is 4. The zero-order chi connectivity index (χ0) is 18.0. The summed E-state index contributed by atoms with van der Waals surface area (Å²) in [4.78, 5) is 13.8. The topological polar surface area (TPSA) is 90.3 Å². The van der Waals surface area contributed by atoms with E-state index in [2.05, 4.69) is 4.72 Å². The largest absolute Gasteiger partial charge is 0.311 e. The van der Waals surface area contributed by atoms with Gasteiger partial charge in [0.05, 0.1) is 16.5 Å². The molecule has 0 saturated carbocycles. The molecule has 0 unspecified atom stereocenters. The zero-order valence-electron chi connectivity index (χ0n) is 13.0. The predicted molar refractivity (Wildman–Crippen MR) is 88.6 cm³/mol. The maximum atomic E-state index is 13.0. The van der Waals surface area contributed by atoms with Crippen LogP contribution in [-0.2, 0) is 14.8 Å². The first-order chi connectivity index (χ1) is 11.9. The Bertz CT molecular complexity index is 952. The van der Waals surface area contributed by atoms with Crippen LogP contribution in [0.4, 0.5) is 10.1 Å². The lowest BCUT2D eigenvalue weighted by Gasteiger charge is -2.17. The second-order valence-electron chi connectivity index (χ2n) is 5.57. The lowest BCUT2D eigenvalue weighted by molar-refractivity contribution is -0.118. The van der Waals surface area contributed by atoms with Gasteiger partial charge in [-0.15, -0.1) is 0 Å². The van der Waals surface area contributed by atoms with Crippen LogP contribution >= 0.6 is 0 Å². The van der Waals surface area contributed by atoms with Gasteiger partial charge in [0.25, 0.3) is 0 Å². The minimum Gasteiger partial charge on any atom is -0.311 e. The van der Waals surface area contributed by atoms with Crippen molar-refractivity contribution < 1.29 is 17.6 Å². The highest BCUT2D eigenvalue weighted by Crippen LogP contribution is 2.23. The van der Waals surface area contributed by atoms with Crippen LogP contribution in [-0.4, -0.2) is 26.9 Å². The van der Waals surface area contributed by atoms with E-state index in [0.29, 0.717) is 18.7 Å². The minimum absolute atomic E-state index is 0.0698. The van der Waals surface area contributed by atoms with Crippen LogP contribution in [0.1, 0.15) is 12.0 Å². The van der Waals surface area contributed by atoms with Gasteiger partial charge >= 0.3 is 0 Å². The van der Waals surface area contributed by atoms with E-state index in [4.69, 9.17) is 5.26 Å². The van der Waals surface area contributed by atoms with Crippen LogP contribution in [0.15, 0.2) is 53.4 Å². The monoisotopic (exact) mass is 359 g/mol. The van der Waals surface area contributed by atoms with Gasteiger partial charge in [0.2, 0.25) is 15.9 Å². The summed E-state index contributed by atoms with van der Waals surface area (Å²) in [6.45, 7) is 0.329. The number of halogens is 1. The molecule has 128 valence electrons. The summed E-state index contributed by atoms with van der Waals surface area (Å²) in [6, 6.07) is 12.0. The average molecular weight is 359 g/mol. The number of hydrogen-bond acceptors (Lipinski definition) is 4. The third kappa shape index (κ3) is 3.52. The Hall–Kier alpha value is -2.76. The molecule has 0 radical (unpaired) electrons. The fourth-order valence-electron chi connectivity index (χ4n) is 2.65. The molecule has 1 N–H and O–H groups in total. The molecule has 6 nitrogen and oxygen atoms in total. The number of nitrogens with zero attached hydrogens (tertiary/aromatic N) is 2. The third-order valence-electron chi connectivity index (χ3n) is 3.91. The fraction of sp³-hybridized carbons (Fsp3) is 0.176. The van der Waals surface area contributed by atoms with Crippen molar-refractivity contribution in [1.82, 2.24) is 4.72 Å². The summed E-state index contributed by atoms with van der Waals surface area (Å²) in [5, 5.41) is 8.88. The molecule has 3 rings (SSSR count).